The number of tetrazole rings is 1. The topological polar surface area (TPSA) is 95.1 Å². The van der Waals surface area contributed by atoms with Gasteiger partial charge in [-0.15, -0.1) is 5.10 Å². The Labute approximate surface area is 154 Å². The van der Waals surface area contributed by atoms with Crippen LogP contribution >= 0.6 is 11.8 Å². The fraction of sp³-hybridized carbons (Fsp3) is 0.294. The monoisotopic (exact) mass is 373 g/mol. The number of methoxy groups -OCH3 is 1. The molecule has 0 bridgehead atoms. The number of carbonyl (C=O) groups excluding carboxylic acids is 1. The van der Waals surface area contributed by atoms with Crippen molar-refractivity contribution in [1.29, 1.82) is 0 Å². The number of nitrogens with one attached hydrogen (secondary N) is 1. The summed E-state index contributed by atoms with van der Waals surface area (Å²) in [5.41, 5.74) is 1.78. The van der Waals surface area contributed by atoms with E-state index < -0.39 is 0 Å². The minimum absolute atomic E-state index is 0.128. The maximum atomic E-state index is 12.3. The summed E-state index contributed by atoms with van der Waals surface area (Å²) in [6.45, 7) is 4.12. The molecule has 0 radical (unpaired) electrons. The molecule has 0 spiro atoms. The Morgan fingerprint density at radius 1 is 1.42 bits per heavy atom. The van der Waals surface area contributed by atoms with Crippen molar-refractivity contribution in [3.8, 4) is 11.4 Å². The molecule has 1 aromatic carbocycles. The van der Waals surface area contributed by atoms with Crippen molar-refractivity contribution in [2.24, 2.45) is 0 Å². The first-order valence-corrected chi connectivity index (χ1v) is 8.86. The number of furan rings is 1. The largest absolute Gasteiger partial charge is 0.494 e. The van der Waals surface area contributed by atoms with Gasteiger partial charge in [0.1, 0.15) is 17.2 Å². The van der Waals surface area contributed by atoms with Crippen molar-refractivity contribution >= 4 is 17.7 Å². The second-order valence-electron chi connectivity index (χ2n) is 5.61. The molecule has 136 valence electrons. The zero-order valence-corrected chi connectivity index (χ0v) is 15.5. The summed E-state index contributed by atoms with van der Waals surface area (Å²) in [4.78, 5) is 12.3. The normalized spacial score (nSPS) is 12.0. The highest BCUT2D eigenvalue weighted by atomic mass is 32.2. The van der Waals surface area contributed by atoms with Crippen LogP contribution in [0.1, 0.15) is 18.2 Å². The van der Waals surface area contributed by atoms with E-state index in [-0.39, 0.29) is 11.2 Å². The predicted molar refractivity (Wildman–Crippen MR) is 96.3 cm³/mol. The molecule has 0 aliphatic heterocycles. The summed E-state index contributed by atoms with van der Waals surface area (Å²) in [5.74, 6) is 1.22. The number of thioether (sulfide) groups is 1. The Bertz CT molecular complexity index is 878. The summed E-state index contributed by atoms with van der Waals surface area (Å²) in [6.07, 6.45) is 1.57. The van der Waals surface area contributed by atoms with Crippen LogP contribution in [0.2, 0.25) is 0 Å². The Kier molecular flexibility index (Phi) is 5.57. The zero-order chi connectivity index (χ0) is 18.5. The Morgan fingerprint density at radius 2 is 2.27 bits per heavy atom. The van der Waals surface area contributed by atoms with E-state index in [0.29, 0.717) is 23.2 Å². The van der Waals surface area contributed by atoms with Gasteiger partial charge in [0.25, 0.3) is 0 Å². The standard InChI is InChI=1S/C17H19N5O3S/c1-11-6-7-15(24-3)14(9-11)22-17(19-20-21-22)26-12(2)16(23)18-10-13-5-4-8-25-13/h4-9,12H,10H2,1-3H3,(H,18,23)/t12-/m1/s1. The minimum atomic E-state index is -0.384. The number of hydrogen-bond acceptors (Lipinski definition) is 7. The number of ether oxygens (including phenoxy) is 1. The maximum absolute atomic E-state index is 12.3. The summed E-state index contributed by atoms with van der Waals surface area (Å²) in [6, 6.07) is 9.33. The molecule has 0 saturated carbocycles. The van der Waals surface area contributed by atoms with Crippen LogP contribution in [-0.4, -0.2) is 38.5 Å². The van der Waals surface area contributed by atoms with Crippen LogP contribution < -0.4 is 10.1 Å². The van der Waals surface area contributed by atoms with Crippen molar-refractivity contribution in [3.63, 3.8) is 0 Å². The van der Waals surface area contributed by atoms with Crippen molar-refractivity contribution in [2.75, 3.05) is 7.11 Å². The summed E-state index contributed by atoms with van der Waals surface area (Å²) in [7, 11) is 1.59. The number of hydrogen-bond donors (Lipinski definition) is 1. The highest BCUT2D eigenvalue weighted by Crippen LogP contribution is 2.28. The van der Waals surface area contributed by atoms with Gasteiger partial charge in [-0.3, -0.25) is 4.79 Å². The molecule has 8 nitrogen and oxygen atoms in total. The lowest BCUT2D eigenvalue weighted by Gasteiger charge is -2.13. The van der Waals surface area contributed by atoms with Crippen molar-refractivity contribution in [1.82, 2.24) is 25.5 Å². The van der Waals surface area contributed by atoms with Crippen LogP contribution in [0.4, 0.5) is 0 Å². The number of aromatic nitrogens is 4. The number of nitrogens with zero attached hydrogens (tertiary/aromatic N) is 4. The molecule has 3 aromatic rings. The molecule has 0 aliphatic rings. The first-order chi connectivity index (χ1) is 12.6. The van der Waals surface area contributed by atoms with Gasteiger partial charge in [-0.05, 0) is 54.1 Å². The lowest BCUT2D eigenvalue weighted by molar-refractivity contribution is -0.120. The van der Waals surface area contributed by atoms with Crippen molar-refractivity contribution in [3.05, 3.63) is 47.9 Å². The molecule has 0 aliphatic carbocycles. The van der Waals surface area contributed by atoms with Crippen molar-refractivity contribution < 1.29 is 13.9 Å². The van der Waals surface area contributed by atoms with Gasteiger partial charge in [-0.25, -0.2) is 0 Å². The quantitative estimate of drug-likeness (QED) is 0.635. The van der Waals surface area contributed by atoms with Gasteiger partial charge in [0.05, 0.1) is 25.2 Å². The molecule has 1 N–H and O–H groups in total. The fourth-order valence-electron chi connectivity index (χ4n) is 2.31. The molecule has 26 heavy (non-hydrogen) atoms. The Balaban J connectivity index is 1.72. The molecule has 3 rings (SSSR count). The third-order valence-electron chi connectivity index (χ3n) is 3.67. The fourth-order valence-corrected chi connectivity index (χ4v) is 3.14. The van der Waals surface area contributed by atoms with E-state index in [1.165, 1.54) is 11.8 Å². The second kappa shape index (κ2) is 8.05. The van der Waals surface area contributed by atoms with E-state index in [4.69, 9.17) is 9.15 Å². The molecule has 1 amide bonds. The van der Waals surface area contributed by atoms with Gasteiger partial charge in [-0.1, -0.05) is 17.8 Å². The van der Waals surface area contributed by atoms with Crippen LogP contribution in [0.15, 0.2) is 46.2 Å². The predicted octanol–water partition coefficient (Wildman–Crippen LogP) is 2.37. The van der Waals surface area contributed by atoms with Gasteiger partial charge in [-0.2, -0.15) is 4.68 Å². The molecule has 2 aromatic heterocycles. The molecule has 9 heteroatoms. The number of benzene rings is 1. The summed E-state index contributed by atoms with van der Waals surface area (Å²) >= 11 is 1.27. The smallest absolute Gasteiger partial charge is 0.233 e. The lowest BCUT2D eigenvalue weighted by atomic mass is 10.2. The maximum Gasteiger partial charge on any atom is 0.233 e. The average molecular weight is 373 g/mol. The minimum Gasteiger partial charge on any atom is -0.494 e. The SMILES string of the molecule is COc1ccc(C)cc1-n1nnnc1S[C@H](C)C(=O)NCc1ccco1. The zero-order valence-electron chi connectivity index (χ0n) is 14.7. The number of carbonyl (C=O) groups is 1. The lowest BCUT2D eigenvalue weighted by Crippen LogP contribution is -2.30. The number of amides is 1. The van der Waals surface area contributed by atoms with E-state index in [0.717, 1.165) is 11.3 Å². The highest BCUT2D eigenvalue weighted by molar-refractivity contribution is 8.00. The number of aryl methyl sites for hydroxylation is 1. The molecule has 1 atom stereocenters. The Hall–Kier alpha value is -2.81. The molecule has 0 unspecified atom stereocenters. The van der Waals surface area contributed by atoms with E-state index in [1.807, 2.05) is 31.2 Å². The molecular formula is C17H19N5O3S. The van der Waals surface area contributed by atoms with E-state index in [9.17, 15) is 4.79 Å². The third-order valence-corrected chi connectivity index (χ3v) is 4.70. The molecular weight excluding hydrogens is 354 g/mol. The highest BCUT2D eigenvalue weighted by Gasteiger charge is 2.20. The van der Waals surface area contributed by atoms with Crippen LogP contribution in [0.25, 0.3) is 5.69 Å². The van der Waals surface area contributed by atoms with Crippen LogP contribution in [0.5, 0.6) is 5.75 Å². The van der Waals surface area contributed by atoms with Crippen LogP contribution in [0, 0.1) is 6.92 Å². The van der Waals surface area contributed by atoms with Gasteiger partial charge in [0, 0.05) is 0 Å². The number of rotatable bonds is 7. The van der Waals surface area contributed by atoms with Gasteiger partial charge in [0.2, 0.25) is 11.1 Å². The second-order valence-corrected chi connectivity index (χ2v) is 6.91. The van der Waals surface area contributed by atoms with E-state index in [1.54, 1.807) is 31.0 Å². The van der Waals surface area contributed by atoms with E-state index >= 15 is 0 Å². The average Bonchev–Trinajstić information content (AvgIpc) is 3.31. The van der Waals surface area contributed by atoms with Crippen molar-refractivity contribution in [2.45, 2.75) is 30.8 Å². The Morgan fingerprint density at radius 3 is 3.00 bits per heavy atom. The first-order valence-electron chi connectivity index (χ1n) is 7.98. The molecule has 0 fully saturated rings. The third kappa shape index (κ3) is 4.05. The van der Waals surface area contributed by atoms with Gasteiger partial charge >= 0.3 is 0 Å². The molecule has 0 saturated heterocycles. The first kappa shape index (κ1) is 18.0. The van der Waals surface area contributed by atoms with Crippen LogP contribution in [-0.2, 0) is 11.3 Å². The summed E-state index contributed by atoms with van der Waals surface area (Å²) in [5, 5.41) is 14.8. The summed E-state index contributed by atoms with van der Waals surface area (Å²) < 4.78 is 12.2. The van der Waals surface area contributed by atoms with E-state index in [2.05, 4.69) is 20.8 Å². The van der Waals surface area contributed by atoms with Gasteiger partial charge < -0.3 is 14.5 Å². The van der Waals surface area contributed by atoms with Crippen LogP contribution in [0.3, 0.4) is 0 Å². The van der Waals surface area contributed by atoms with Gasteiger partial charge in [0.15, 0.2) is 0 Å². The molecule has 2 heterocycles.